The first-order chi connectivity index (χ1) is 6.81. The number of aliphatic hydroxyl groups excluding tert-OH is 1. The highest BCUT2D eigenvalue weighted by atomic mass is 16.3. The second-order valence-corrected chi connectivity index (χ2v) is 3.49. The molecule has 0 fully saturated rings. The van der Waals surface area contributed by atoms with Crippen LogP contribution < -0.4 is 0 Å². The molecule has 74 valence electrons. The third-order valence-corrected chi connectivity index (χ3v) is 2.52. The summed E-state index contributed by atoms with van der Waals surface area (Å²) in [6, 6.07) is 8.06. The molecule has 3 nitrogen and oxygen atoms in total. The normalized spacial score (nSPS) is 14.2. The molecule has 1 N–H and O–H groups in total. The van der Waals surface area contributed by atoms with E-state index in [-0.39, 0.29) is 18.9 Å². The molecular formula is C11H13NO2. The lowest BCUT2D eigenvalue weighted by atomic mass is 10.1. The number of amides is 1. The Hall–Kier alpha value is -1.35. The molecule has 0 atom stereocenters. The van der Waals surface area contributed by atoms with Crippen molar-refractivity contribution in [3.63, 3.8) is 0 Å². The van der Waals surface area contributed by atoms with Gasteiger partial charge in [-0.3, -0.25) is 4.79 Å². The monoisotopic (exact) mass is 191 g/mol. The maximum atomic E-state index is 11.5. The van der Waals surface area contributed by atoms with Gasteiger partial charge in [-0.05, 0) is 11.1 Å². The quantitative estimate of drug-likeness (QED) is 0.754. The minimum atomic E-state index is -0.0638. The summed E-state index contributed by atoms with van der Waals surface area (Å²) in [7, 11) is 0. The fraction of sp³-hybridized carbons (Fsp3) is 0.364. The molecule has 0 radical (unpaired) electrons. The highest BCUT2D eigenvalue weighted by Crippen LogP contribution is 2.22. The lowest BCUT2D eigenvalue weighted by molar-refractivity contribution is -0.132. The predicted octanol–water partition coefficient (Wildman–Crippen LogP) is 0.911. The van der Waals surface area contributed by atoms with Gasteiger partial charge < -0.3 is 10.0 Å². The Balaban J connectivity index is 2.08. The third kappa shape index (κ3) is 1.63. The molecule has 14 heavy (non-hydrogen) atoms. The van der Waals surface area contributed by atoms with Gasteiger partial charge in [0, 0.05) is 19.5 Å². The summed E-state index contributed by atoms with van der Waals surface area (Å²) in [6.45, 7) is 1.32. The first-order valence-electron chi connectivity index (χ1n) is 4.76. The zero-order valence-corrected chi connectivity index (χ0v) is 7.94. The topological polar surface area (TPSA) is 40.5 Å². The minimum absolute atomic E-state index is 0.0312. The summed E-state index contributed by atoms with van der Waals surface area (Å²) in [5, 5.41) is 8.67. The minimum Gasteiger partial charge on any atom is -0.396 e. The van der Waals surface area contributed by atoms with Crippen molar-refractivity contribution in [1.82, 2.24) is 4.90 Å². The van der Waals surface area contributed by atoms with Gasteiger partial charge in [-0.25, -0.2) is 0 Å². The Morgan fingerprint density at radius 3 is 2.36 bits per heavy atom. The van der Waals surface area contributed by atoms with Crippen molar-refractivity contribution in [1.29, 1.82) is 0 Å². The van der Waals surface area contributed by atoms with E-state index in [9.17, 15) is 4.79 Å². The van der Waals surface area contributed by atoms with E-state index < -0.39 is 0 Å². The van der Waals surface area contributed by atoms with Gasteiger partial charge in [0.1, 0.15) is 0 Å². The second-order valence-electron chi connectivity index (χ2n) is 3.49. The fourth-order valence-corrected chi connectivity index (χ4v) is 1.76. The Morgan fingerprint density at radius 2 is 1.86 bits per heavy atom. The molecule has 0 bridgehead atoms. The van der Waals surface area contributed by atoms with Gasteiger partial charge in [0.25, 0.3) is 0 Å². The number of carbonyl (C=O) groups excluding carboxylic acids is 1. The van der Waals surface area contributed by atoms with Crippen LogP contribution in [0, 0.1) is 0 Å². The summed E-state index contributed by atoms with van der Waals surface area (Å²) in [4.78, 5) is 13.3. The third-order valence-electron chi connectivity index (χ3n) is 2.52. The molecule has 0 saturated carbocycles. The van der Waals surface area contributed by atoms with Gasteiger partial charge >= 0.3 is 0 Å². The lowest BCUT2D eigenvalue weighted by Crippen LogP contribution is -2.25. The van der Waals surface area contributed by atoms with E-state index in [2.05, 4.69) is 0 Å². The molecule has 1 aliphatic rings. The zero-order valence-electron chi connectivity index (χ0n) is 7.94. The molecule has 1 heterocycles. The van der Waals surface area contributed by atoms with Gasteiger partial charge in [-0.2, -0.15) is 0 Å². The molecule has 1 amide bonds. The van der Waals surface area contributed by atoms with Gasteiger partial charge in [-0.1, -0.05) is 24.3 Å². The molecule has 0 unspecified atom stereocenters. The van der Waals surface area contributed by atoms with E-state index in [1.807, 2.05) is 24.3 Å². The maximum absolute atomic E-state index is 11.5. The Kier molecular flexibility index (Phi) is 2.50. The van der Waals surface area contributed by atoms with Crippen LogP contribution in [0.25, 0.3) is 0 Å². The van der Waals surface area contributed by atoms with E-state index in [4.69, 9.17) is 5.11 Å². The average molecular weight is 191 g/mol. The van der Waals surface area contributed by atoms with E-state index in [1.54, 1.807) is 4.90 Å². The van der Waals surface area contributed by atoms with Crippen molar-refractivity contribution >= 4 is 5.91 Å². The molecule has 1 aliphatic heterocycles. The first-order valence-corrected chi connectivity index (χ1v) is 4.76. The molecule has 1 aromatic rings. The molecule has 2 rings (SSSR count). The molecular weight excluding hydrogens is 178 g/mol. The number of nitrogens with zero attached hydrogens (tertiary/aromatic N) is 1. The highest BCUT2D eigenvalue weighted by molar-refractivity contribution is 5.77. The van der Waals surface area contributed by atoms with Gasteiger partial charge in [0.05, 0.1) is 6.61 Å². The SMILES string of the molecule is O=C(CCO)N1Cc2ccccc2C1. The second kappa shape index (κ2) is 3.80. The standard InChI is InChI=1S/C11H13NO2/c13-6-5-11(14)12-7-9-3-1-2-4-10(9)8-12/h1-4,13H,5-8H2. The van der Waals surface area contributed by atoms with Crippen LogP contribution in [-0.4, -0.2) is 22.5 Å². The number of rotatable bonds is 2. The Bertz CT molecular complexity index is 324. The van der Waals surface area contributed by atoms with E-state index >= 15 is 0 Å². The van der Waals surface area contributed by atoms with Crippen molar-refractivity contribution in [3.8, 4) is 0 Å². The highest BCUT2D eigenvalue weighted by Gasteiger charge is 2.21. The van der Waals surface area contributed by atoms with E-state index in [0.29, 0.717) is 13.1 Å². The smallest absolute Gasteiger partial charge is 0.225 e. The van der Waals surface area contributed by atoms with Crippen LogP contribution >= 0.6 is 0 Å². The Labute approximate surface area is 83.0 Å². The summed E-state index contributed by atoms with van der Waals surface area (Å²) in [6.07, 6.45) is 0.230. The van der Waals surface area contributed by atoms with Gasteiger partial charge in [0.2, 0.25) is 5.91 Å². The molecule has 3 heteroatoms. The van der Waals surface area contributed by atoms with Gasteiger partial charge in [0.15, 0.2) is 0 Å². The van der Waals surface area contributed by atoms with Crippen LogP contribution in [0.2, 0.25) is 0 Å². The number of hydrogen-bond acceptors (Lipinski definition) is 2. The van der Waals surface area contributed by atoms with E-state index in [1.165, 1.54) is 11.1 Å². The van der Waals surface area contributed by atoms with Crippen molar-refractivity contribution in [2.24, 2.45) is 0 Å². The molecule has 0 spiro atoms. The van der Waals surface area contributed by atoms with E-state index in [0.717, 1.165) is 0 Å². The van der Waals surface area contributed by atoms with Gasteiger partial charge in [-0.15, -0.1) is 0 Å². The lowest BCUT2D eigenvalue weighted by Gasteiger charge is -2.14. The maximum Gasteiger partial charge on any atom is 0.225 e. The summed E-state index contributed by atoms with van der Waals surface area (Å²) in [5.41, 5.74) is 2.44. The van der Waals surface area contributed by atoms with Crippen LogP contribution in [0.1, 0.15) is 17.5 Å². The molecule has 0 aromatic heterocycles. The van der Waals surface area contributed by atoms with Crippen LogP contribution in [-0.2, 0) is 17.9 Å². The van der Waals surface area contributed by atoms with Crippen molar-refractivity contribution in [2.75, 3.05) is 6.61 Å². The number of aliphatic hydroxyl groups is 1. The summed E-state index contributed by atoms with van der Waals surface area (Å²) < 4.78 is 0. The predicted molar refractivity (Wildman–Crippen MR) is 52.4 cm³/mol. The fourth-order valence-electron chi connectivity index (χ4n) is 1.76. The van der Waals surface area contributed by atoms with Crippen molar-refractivity contribution in [2.45, 2.75) is 19.5 Å². The molecule has 1 aromatic carbocycles. The van der Waals surface area contributed by atoms with Crippen LogP contribution in [0.15, 0.2) is 24.3 Å². The van der Waals surface area contributed by atoms with Crippen LogP contribution in [0.3, 0.4) is 0 Å². The molecule has 0 aliphatic carbocycles. The summed E-state index contributed by atoms with van der Waals surface area (Å²) in [5.74, 6) is 0.0312. The summed E-state index contributed by atoms with van der Waals surface area (Å²) >= 11 is 0. The Morgan fingerprint density at radius 1 is 1.29 bits per heavy atom. The average Bonchev–Trinajstić information content (AvgIpc) is 2.61. The largest absolute Gasteiger partial charge is 0.396 e. The number of carbonyl (C=O) groups is 1. The number of hydrogen-bond donors (Lipinski definition) is 1. The van der Waals surface area contributed by atoms with Crippen LogP contribution in [0.5, 0.6) is 0 Å². The number of fused-ring (bicyclic) bond motifs is 1. The van der Waals surface area contributed by atoms with Crippen molar-refractivity contribution < 1.29 is 9.90 Å². The van der Waals surface area contributed by atoms with Crippen molar-refractivity contribution in [3.05, 3.63) is 35.4 Å². The first kappa shape index (κ1) is 9.21. The number of benzene rings is 1. The molecule has 0 saturated heterocycles. The zero-order chi connectivity index (χ0) is 9.97. The van der Waals surface area contributed by atoms with Crippen LogP contribution in [0.4, 0.5) is 0 Å².